The van der Waals surface area contributed by atoms with E-state index in [0.29, 0.717) is 5.69 Å². The molecule has 1 amide bonds. The Bertz CT molecular complexity index is 930. The minimum atomic E-state index is -3.60. The maximum absolute atomic E-state index is 13.7. The molecule has 6 nitrogen and oxygen atoms in total. The number of carbonyl (C=O) groups is 1. The van der Waals surface area contributed by atoms with E-state index in [1.54, 1.807) is 24.3 Å². The molecule has 0 aromatic heterocycles. The third kappa shape index (κ3) is 3.58. The highest BCUT2D eigenvalue weighted by Crippen LogP contribution is 2.36. The minimum absolute atomic E-state index is 0.0108. The summed E-state index contributed by atoms with van der Waals surface area (Å²) in [6, 6.07) is 10.8. The summed E-state index contributed by atoms with van der Waals surface area (Å²) in [4.78, 5) is 12.4. The van der Waals surface area contributed by atoms with Crippen molar-refractivity contribution in [1.82, 2.24) is 0 Å². The number of fused-ring (bicyclic) bond motifs is 1. The van der Waals surface area contributed by atoms with Crippen molar-refractivity contribution in [2.45, 2.75) is 13.0 Å². The lowest BCUT2D eigenvalue weighted by atomic mass is 10.1. The molecule has 0 unspecified atom stereocenters. The van der Waals surface area contributed by atoms with Gasteiger partial charge in [0.15, 0.2) is 6.10 Å². The molecule has 0 spiro atoms. The van der Waals surface area contributed by atoms with Crippen molar-refractivity contribution in [3.63, 3.8) is 0 Å². The standard InChI is InChI=1S/C17H17FN2O4S/c1-11-7-8-15-14(9-11)20(25(2,22)23)10-16(24-15)17(21)19-13-6-4-3-5-12(13)18/h3-9,16H,10H2,1-2H3,(H,19,21)/t16-/m1/s1. The Balaban J connectivity index is 1.90. The van der Waals surface area contributed by atoms with E-state index in [0.717, 1.165) is 16.1 Å². The maximum atomic E-state index is 13.7. The van der Waals surface area contributed by atoms with Crippen LogP contribution in [0, 0.1) is 12.7 Å². The Hall–Kier alpha value is -2.61. The SMILES string of the molecule is Cc1ccc2c(c1)N(S(C)(=O)=O)C[C@H](C(=O)Nc1ccccc1F)O2. The molecule has 2 aromatic rings. The number of benzene rings is 2. The maximum Gasteiger partial charge on any atom is 0.267 e. The van der Waals surface area contributed by atoms with Crippen LogP contribution in [0.1, 0.15) is 5.56 Å². The van der Waals surface area contributed by atoms with Gasteiger partial charge in [-0.25, -0.2) is 12.8 Å². The first-order valence-electron chi connectivity index (χ1n) is 7.56. The number of carbonyl (C=O) groups excluding carboxylic acids is 1. The van der Waals surface area contributed by atoms with Gasteiger partial charge in [0.05, 0.1) is 24.2 Å². The summed E-state index contributed by atoms with van der Waals surface area (Å²) in [6.45, 7) is 1.65. The highest BCUT2D eigenvalue weighted by atomic mass is 32.2. The topological polar surface area (TPSA) is 75.7 Å². The molecule has 1 heterocycles. The molecule has 1 aliphatic rings. The van der Waals surface area contributed by atoms with E-state index in [2.05, 4.69) is 5.32 Å². The monoisotopic (exact) mass is 364 g/mol. The molecular weight excluding hydrogens is 347 g/mol. The smallest absolute Gasteiger partial charge is 0.267 e. The molecule has 1 N–H and O–H groups in total. The normalized spacial score (nSPS) is 16.8. The first kappa shape index (κ1) is 17.2. The summed E-state index contributed by atoms with van der Waals surface area (Å²) < 4.78 is 44.7. The molecule has 3 rings (SSSR count). The Morgan fingerprint density at radius 1 is 1.28 bits per heavy atom. The van der Waals surface area contributed by atoms with Crippen LogP contribution >= 0.6 is 0 Å². The summed E-state index contributed by atoms with van der Waals surface area (Å²) in [5.41, 5.74) is 1.26. The van der Waals surface area contributed by atoms with Gasteiger partial charge < -0.3 is 10.1 Å². The van der Waals surface area contributed by atoms with Gasteiger partial charge in [0.25, 0.3) is 5.91 Å². The Labute approximate surface area is 145 Å². The van der Waals surface area contributed by atoms with E-state index >= 15 is 0 Å². The lowest BCUT2D eigenvalue weighted by Crippen LogP contribution is -2.48. The molecule has 0 saturated heterocycles. The number of anilines is 2. The van der Waals surface area contributed by atoms with Gasteiger partial charge in [-0.15, -0.1) is 0 Å². The average molecular weight is 364 g/mol. The predicted octanol–water partition coefficient (Wildman–Crippen LogP) is 2.30. The lowest BCUT2D eigenvalue weighted by Gasteiger charge is -2.34. The fourth-order valence-corrected chi connectivity index (χ4v) is 3.49. The largest absolute Gasteiger partial charge is 0.476 e. The van der Waals surface area contributed by atoms with Crippen LogP contribution in [0.4, 0.5) is 15.8 Å². The van der Waals surface area contributed by atoms with Crippen LogP contribution in [0.3, 0.4) is 0 Å². The van der Waals surface area contributed by atoms with Gasteiger partial charge in [0.2, 0.25) is 10.0 Å². The average Bonchev–Trinajstić information content (AvgIpc) is 2.55. The fourth-order valence-electron chi connectivity index (χ4n) is 2.59. The summed E-state index contributed by atoms with van der Waals surface area (Å²) in [6.07, 6.45) is -0.0273. The molecule has 0 aliphatic carbocycles. The van der Waals surface area contributed by atoms with E-state index in [9.17, 15) is 17.6 Å². The van der Waals surface area contributed by atoms with E-state index in [1.165, 1.54) is 18.2 Å². The van der Waals surface area contributed by atoms with Crippen molar-refractivity contribution in [3.8, 4) is 5.75 Å². The van der Waals surface area contributed by atoms with Gasteiger partial charge in [-0.2, -0.15) is 0 Å². The van der Waals surface area contributed by atoms with Gasteiger partial charge in [-0.3, -0.25) is 9.10 Å². The number of nitrogens with zero attached hydrogens (tertiary/aromatic N) is 1. The van der Waals surface area contributed by atoms with Gasteiger partial charge in [-0.1, -0.05) is 18.2 Å². The first-order valence-corrected chi connectivity index (χ1v) is 9.41. The van der Waals surface area contributed by atoms with Crippen LogP contribution in [0.15, 0.2) is 42.5 Å². The van der Waals surface area contributed by atoms with Crippen LogP contribution in [-0.4, -0.2) is 33.2 Å². The van der Waals surface area contributed by atoms with Crippen LogP contribution in [0.5, 0.6) is 5.75 Å². The lowest BCUT2D eigenvalue weighted by molar-refractivity contribution is -0.122. The zero-order valence-corrected chi connectivity index (χ0v) is 14.5. The van der Waals surface area contributed by atoms with Crippen LogP contribution in [-0.2, 0) is 14.8 Å². The number of aryl methyl sites for hydroxylation is 1. The van der Waals surface area contributed by atoms with Gasteiger partial charge >= 0.3 is 0 Å². The van der Waals surface area contributed by atoms with E-state index in [-0.39, 0.29) is 18.0 Å². The van der Waals surface area contributed by atoms with Crippen molar-refractivity contribution in [2.24, 2.45) is 0 Å². The van der Waals surface area contributed by atoms with Crippen molar-refractivity contribution in [3.05, 3.63) is 53.8 Å². The molecule has 25 heavy (non-hydrogen) atoms. The molecule has 8 heteroatoms. The minimum Gasteiger partial charge on any atom is -0.476 e. The molecule has 0 radical (unpaired) electrons. The number of ether oxygens (including phenoxy) is 1. The number of hydrogen-bond acceptors (Lipinski definition) is 4. The van der Waals surface area contributed by atoms with Crippen LogP contribution in [0.2, 0.25) is 0 Å². The number of para-hydroxylation sites is 1. The second-order valence-electron chi connectivity index (χ2n) is 5.84. The molecule has 0 bridgehead atoms. The fraction of sp³-hybridized carbons (Fsp3) is 0.235. The van der Waals surface area contributed by atoms with E-state index < -0.39 is 27.9 Å². The van der Waals surface area contributed by atoms with Crippen molar-refractivity contribution >= 4 is 27.3 Å². The van der Waals surface area contributed by atoms with Crippen molar-refractivity contribution < 1.29 is 22.3 Å². The van der Waals surface area contributed by atoms with Gasteiger partial charge in [0, 0.05) is 0 Å². The second-order valence-corrected chi connectivity index (χ2v) is 7.75. The Morgan fingerprint density at radius 3 is 2.68 bits per heavy atom. The molecule has 132 valence electrons. The number of rotatable bonds is 3. The summed E-state index contributed by atoms with van der Waals surface area (Å²) in [5.74, 6) is -0.913. The number of sulfonamides is 1. The molecule has 0 saturated carbocycles. The predicted molar refractivity (Wildman–Crippen MR) is 92.8 cm³/mol. The molecular formula is C17H17FN2O4S. The summed E-state index contributed by atoms with van der Waals surface area (Å²) >= 11 is 0. The van der Waals surface area contributed by atoms with Crippen LogP contribution < -0.4 is 14.4 Å². The number of hydrogen-bond donors (Lipinski definition) is 1. The highest BCUT2D eigenvalue weighted by molar-refractivity contribution is 7.92. The third-order valence-corrected chi connectivity index (χ3v) is 4.95. The zero-order chi connectivity index (χ0) is 18.2. The van der Waals surface area contributed by atoms with Crippen molar-refractivity contribution in [1.29, 1.82) is 0 Å². The number of halogens is 1. The third-order valence-electron chi connectivity index (χ3n) is 3.81. The van der Waals surface area contributed by atoms with Crippen LogP contribution in [0.25, 0.3) is 0 Å². The number of amides is 1. The zero-order valence-electron chi connectivity index (χ0n) is 13.7. The van der Waals surface area contributed by atoms with E-state index in [1.807, 2.05) is 6.92 Å². The summed E-state index contributed by atoms with van der Waals surface area (Å²) in [7, 11) is -3.60. The molecule has 0 fully saturated rings. The quantitative estimate of drug-likeness (QED) is 0.907. The second kappa shape index (κ2) is 6.36. The number of nitrogens with one attached hydrogen (secondary N) is 1. The van der Waals surface area contributed by atoms with Crippen molar-refractivity contribution in [2.75, 3.05) is 22.4 Å². The molecule has 1 atom stereocenters. The van der Waals surface area contributed by atoms with Gasteiger partial charge in [-0.05, 0) is 36.8 Å². The first-order chi connectivity index (χ1) is 11.8. The molecule has 1 aliphatic heterocycles. The van der Waals surface area contributed by atoms with E-state index in [4.69, 9.17) is 4.74 Å². The molecule has 2 aromatic carbocycles. The summed E-state index contributed by atoms with van der Waals surface area (Å²) in [5, 5.41) is 2.43. The Morgan fingerprint density at radius 2 is 2.00 bits per heavy atom. The van der Waals surface area contributed by atoms with Gasteiger partial charge in [0.1, 0.15) is 11.6 Å². The highest BCUT2D eigenvalue weighted by Gasteiger charge is 2.35. The Kier molecular flexibility index (Phi) is 4.38.